The van der Waals surface area contributed by atoms with E-state index in [1.165, 1.54) is 4.57 Å². The zero-order chi connectivity index (χ0) is 21.3. The summed E-state index contributed by atoms with van der Waals surface area (Å²) in [4.78, 5) is 36.2. The molecule has 3 N–H and O–H groups in total. The molecule has 152 valence electrons. The van der Waals surface area contributed by atoms with E-state index in [1.807, 2.05) is 55.5 Å². The second-order valence-corrected chi connectivity index (χ2v) is 7.00. The number of fused-ring (bicyclic) bond motifs is 1. The number of imidazole rings is 1. The quantitative estimate of drug-likeness (QED) is 0.513. The van der Waals surface area contributed by atoms with Crippen LogP contribution in [0.3, 0.4) is 0 Å². The first-order valence-corrected chi connectivity index (χ1v) is 9.46. The molecular formula is C22H21N5O3. The van der Waals surface area contributed by atoms with Crippen LogP contribution in [0.1, 0.15) is 21.6 Å². The molecule has 0 spiro atoms. The van der Waals surface area contributed by atoms with E-state index in [1.54, 1.807) is 7.11 Å². The number of ether oxygens (including phenoxy) is 1. The molecule has 8 nitrogen and oxygen atoms in total. The molecule has 4 aromatic rings. The first-order valence-electron chi connectivity index (χ1n) is 9.46. The Morgan fingerprint density at radius 3 is 2.43 bits per heavy atom. The molecule has 4 rings (SSSR count). The van der Waals surface area contributed by atoms with Crippen molar-refractivity contribution in [3.63, 3.8) is 0 Å². The summed E-state index contributed by atoms with van der Waals surface area (Å²) in [6, 6.07) is 15.2. The summed E-state index contributed by atoms with van der Waals surface area (Å²) >= 11 is 0. The molecule has 0 saturated carbocycles. The Morgan fingerprint density at radius 2 is 1.80 bits per heavy atom. The minimum atomic E-state index is -0.723. The standard InChI is InChI=1S/C22H21N5O3/c1-13-3-7-15(8-4-13)20-24-17(19(23)28)18-21(26-20)27(22(29)25-18)12-11-14-5-9-16(30-2)10-6-14/h3-10H,11-12H2,1-2H3,(H2,23,28)(H,25,29). The number of aromatic amines is 1. The lowest BCUT2D eigenvalue weighted by Crippen LogP contribution is -2.18. The van der Waals surface area contributed by atoms with Gasteiger partial charge in [-0.1, -0.05) is 42.0 Å². The Bertz CT molecular complexity index is 1270. The highest BCUT2D eigenvalue weighted by atomic mass is 16.5. The SMILES string of the molecule is COc1ccc(CCn2c(=O)[nH]c3c(C(N)=O)nc(-c4ccc(C)cc4)nc32)cc1. The summed E-state index contributed by atoms with van der Waals surface area (Å²) in [5, 5.41) is 0. The van der Waals surface area contributed by atoms with Gasteiger partial charge < -0.3 is 15.5 Å². The molecular weight excluding hydrogens is 382 g/mol. The second-order valence-electron chi connectivity index (χ2n) is 7.00. The monoisotopic (exact) mass is 403 g/mol. The Morgan fingerprint density at radius 1 is 1.10 bits per heavy atom. The second kappa shape index (κ2) is 7.82. The number of nitrogens with one attached hydrogen (secondary N) is 1. The van der Waals surface area contributed by atoms with Crippen molar-refractivity contribution in [2.24, 2.45) is 5.73 Å². The van der Waals surface area contributed by atoms with Crippen LogP contribution in [0.25, 0.3) is 22.6 Å². The van der Waals surface area contributed by atoms with Gasteiger partial charge in [-0.2, -0.15) is 0 Å². The van der Waals surface area contributed by atoms with Crippen molar-refractivity contribution in [3.8, 4) is 17.1 Å². The summed E-state index contributed by atoms with van der Waals surface area (Å²) in [7, 11) is 1.61. The predicted molar refractivity (Wildman–Crippen MR) is 114 cm³/mol. The molecule has 0 unspecified atom stereocenters. The van der Waals surface area contributed by atoms with Crippen molar-refractivity contribution < 1.29 is 9.53 Å². The van der Waals surface area contributed by atoms with Crippen LogP contribution in [0.2, 0.25) is 0 Å². The third-order valence-corrected chi connectivity index (χ3v) is 4.95. The van der Waals surface area contributed by atoms with Crippen LogP contribution < -0.4 is 16.2 Å². The lowest BCUT2D eigenvalue weighted by atomic mass is 10.1. The number of nitrogens with two attached hydrogens (primary N) is 1. The van der Waals surface area contributed by atoms with Crippen LogP contribution in [0, 0.1) is 6.92 Å². The third-order valence-electron chi connectivity index (χ3n) is 4.95. The lowest BCUT2D eigenvalue weighted by molar-refractivity contribution is 0.0997. The van der Waals surface area contributed by atoms with Crippen LogP contribution >= 0.6 is 0 Å². The van der Waals surface area contributed by atoms with Gasteiger partial charge in [-0.05, 0) is 31.0 Å². The molecule has 1 amide bonds. The lowest BCUT2D eigenvalue weighted by Gasteiger charge is -2.07. The van der Waals surface area contributed by atoms with E-state index in [-0.39, 0.29) is 16.9 Å². The third kappa shape index (κ3) is 3.67. The summed E-state index contributed by atoms with van der Waals surface area (Å²) in [5.41, 5.74) is 8.63. The number of carbonyl (C=O) groups is 1. The summed E-state index contributed by atoms with van der Waals surface area (Å²) in [6.45, 7) is 2.36. The molecule has 0 atom stereocenters. The number of amides is 1. The summed E-state index contributed by atoms with van der Waals surface area (Å²) < 4.78 is 6.68. The van der Waals surface area contributed by atoms with Crippen molar-refractivity contribution in [2.45, 2.75) is 19.9 Å². The maximum atomic E-state index is 12.6. The van der Waals surface area contributed by atoms with Crippen LogP contribution in [0.15, 0.2) is 53.3 Å². The predicted octanol–water partition coefficient (Wildman–Crippen LogP) is 2.45. The fourth-order valence-electron chi connectivity index (χ4n) is 3.28. The molecule has 0 aliphatic rings. The highest BCUT2D eigenvalue weighted by Crippen LogP contribution is 2.21. The van der Waals surface area contributed by atoms with Gasteiger partial charge in [0.25, 0.3) is 5.91 Å². The Labute approximate surface area is 172 Å². The number of primary amides is 1. The number of benzene rings is 2. The van der Waals surface area contributed by atoms with Crippen molar-refractivity contribution >= 4 is 17.1 Å². The van der Waals surface area contributed by atoms with Crippen LogP contribution in [-0.2, 0) is 13.0 Å². The maximum Gasteiger partial charge on any atom is 0.327 e. The number of H-pyrrole nitrogens is 1. The van der Waals surface area contributed by atoms with Crippen LogP contribution in [0.4, 0.5) is 0 Å². The molecule has 0 fully saturated rings. The number of hydrogen-bond acceptors (Lipinski definition) is 5. The number of aryl methyl sites for hydroxylation is 3. The molecule has 30 heavy (non-hydrogen) atoms. The van der Waals surface area contributed by atoms with Crippen molar-refractivity contribution in [1.82, 2.24) is 19.5 Å². The van der Waals surface area contributed by atoms with Crippen molar-refractivity contribution in [1.29, 1.82) is 0 Å². The largest absolute Gasteiger partial charge is 0.497 e. The van der Waals surface area contributed by atoms with Crippen LogP contribution in [0.5, 0.6) is 5.75 Å². The molecule has 8 heteroatoms. The average molecular weight is 403 g/mol. The maximum absolute atomic E-state index is 12.6. The van der Waals surface area contributed by atoms with Gasteiger partial charge in [0.15, 0.2) is 17.2 Å². The minimum absolute atomic E-state index is 0.00382. The van der Waals surface area contributed by atoms with Gasteiger partial charge in [-0.3, -0.25) is 9.36 Å². The number of nitrogens with zero attached hydrogens (tertiary/aromatic N) is 3. The fraction of sp³-hybridized carbons (Fsp3) is 0.182. The minimum Gasteiger partial charge on any atom is -0.497 e. The average Bonchev–Trinajstić information content (AvgIpc) is 3.07. The summed E-state index contributed by atoms with van der Waals surface area (Å²) in [6.07, 6.45) is 0.604. The van der Waals surface area contributed by atoms with Crippen LogP contribution in [-0.4, -0.2) is 32.5 Å². The Balaban J connectivity index is 1.77. The number of rotatable bonds is 6. The number of hydrogen-bond donors (Lipinski definition) is 2. The van der Waals surface area contributed by atoms with Gasteiger partial charge >= 0.3 is 5.69 Å². The Hall–Kier alpha value is -3.94. The molecule has 0 saturated heterocycles. The molecule has 2 aromatic carbocycles. The fourth-order valence-corrected chi connectivity index (χ4v) is 3.28. The molecule has 2 aromatic heterocycles. The zero-order valence-electron chi connectivity index (χ0n) is 16.7. The number of aromatic nitrogens is 4. The summed E-state index contributed by atoms with van der Waals surface area (Å²) in [5.74, 6) is 0.386. The van der Waals surface area contributed by atoms with E-state index >= 15 is 0 Å². The topological polar surface area (TPSA) is 116 Å². The van der Waals surface area contributed by atoms with Gasteiger partial charge in [-0.15, -0.1) is 0 Å². The normalized spacial score (nSPS) is 11.0. The van der Waals surface area contributed by atoms with E-state index < -0.39 is 5.91 Å². The first kappa shape index (κ1) is 19.4. The van der Waals surface area contributed by atoms with E-state index in [0.717, 1.165) is 22.4 Å². The van der Waals surface area contributed by atoms with Crippen molar-refractivity contribution in [3.05, 3.63) is 75.8 Å². The highest BCUT2D eigenvalue weighted by Gasteiger charge is 2.19. The number of methoxy groups -OCH3 is 1. The smallest absolute Gasteiger partial charge is 0.327 e. The first-order chi connectivity index (χ1) is 14.5. The Kier molecular flexibility index (Phi) is 5.05. The van der Waals surface area contributed by atoms with Gasteiger partial charge in [0.05, 0.1) is 7.11 Å². The van der Waals surface area contributed by atoms with E-state index in [4.69, 9.17) is 10.5 Å². The zero-order valence-corrected chi connectivity index (χ0v) is 16.7. The highest BCUT2D eigenvalue weighted by molar-refractivity contribution is 6.01. The molecule has 0 bridgehead atoms. The van der Waals surface area contributed by atoms with Gasteiger partial charge in [0.1, 0.15) is 11.3 Å². The molecule has 0 radical (unpaired) electrons. The number of carbonyl (C=O) groups excluding carboxylic acids is 1. The van der Waals surface area contributed by atoms with E-state index in [9.17, 15) is 9.59 Å². The van der Waals surface area contributed by atoms with Gasteiger partial charge in [0.2, 0.25) is 0 Å². The molecule has 2 heterocycles. The van der Waals surface area contributed by atoms with Crippen molar-refractivity contribution in [2.75, 3.05) is 7.11 Å². The molecule has 0 aliphatic heterocycles. The van der Waals surface area contributed by atoms with E-state index in [2.05, 4.69) is 15.0 Å². The van der Waals surface area contributed by atoms with E-state index in [0.29, 0.717) is 24.4 Å². The van der Waals surface area contributed by atoms with Gasteiger partial charge in [0, 0.05) is 12.1 Å². The molecule has 0 aliphatic carbocycles. The van der Waals surface area contributed by atoms with Gasteiger partial charge in [-0.25, -0.2) is 14.8 Å².